The number of allylic oxidation sites excluding steroid dienone is 1. The van der Waals surface area contributed by atoms with E-state index >= 15 is 0 Å². The van der Waals surface area contributed by atoms with Gasteiger partial charge in [0.25, 0.3) is 0 Å². The van der Waals surface area contributed by atoms with Gasteiger partial charge in [-0.25, -0.2) is 8.78 Å². The normalized spacial score (nSPS) is 26.5. The van der Waals surface area contributed by atoms with Crippen LogP contribution in [0.5, 0.6) is 0 Å². The summed E-state index contributed by atoms with van der Waals surface area (Å²) in [6, 6.07) is 11.3. The first kappa shape index (κ1) is 22.2. The first-order valence-corrected chi connectivity index (χ1v) is 12.2. The molecular formula is C29H36F2. The summed E-state index contributed by atoms with van der Waals surface area (Å²) in [4.78, 5) is 0. The lowest BCUT2D eigenvalue weighted by atomic mass is 9.68. The van der Waals surface area contributed by atoms with Crippen LogP contribution in [0.2, 0.25) is 0 Å². The Morgan fingerprint density at radius 2 is 1.35 bits per heavy atom. The van der Waals surface area contributed by atoms with E-state index < -0.39 is 11.6 Å². The monoisotopic (exact) mass is 422 g/mol. The zero-order valence-electron chi connectivity index (χ0n) is 18.9. The maximum absolute atomic E-state index is 13.9. The number of halogens is 2. The quantitative estimate of drug-likeness (QED) is 0.407. The first-order valence-electron chi connectivity index (χ1n) is 12.2. The number of rotatable bonds is 6. The van der Waals surface area contributed by atoms with E-state index in [9.17, 15) is 8.78 Å². The van der Waals surface area contributed by atoms with Gasteiger partial charge in [-0.2, -0.15) is 0 Å². The van der Waals surface area contributed by atoms with Gasteiger partial charge in [-0.1, -0.05) is 43.2 Å². The molecule has 0 aromatic heterocycles. The molecule has 0 saturated heterocycles. The molecule has 0 spiro atoms. The van der Waals surface area contributed by atoms with Crippen LogP contribution in [0.15, 0.2) is 49.1 Å². The van der Waals surface area contributed by atoms with E-state index in [2.05, 4.69) is 24.8 Å². The zero-order chi connectivity index (χ0) is 21.8. The summed E-state index contributed by atoms with van der Waals surface area (Å²) in [5, 5.41) is 0. The summed E-state index contributed by atoms with van der Waals surface area (Å²) in [6.45, 7) is 5.34. The molecule has 2 saturated carbocycles. The molecule has 0 amide bonds. The van der Waals surface area contributed by atoms with Crippen molar-refractivity contribution in [2.75, 3.05) is 0 Å². The van der Waals surface area contributed by atoms with E-state index in [1.807, 2.05) is 12.1 Å². The second kappa shape index (κ2) is 10.1. The van der Waals surface area contributed by atoms with Crippen molar-refractivity contribution in [3.05, 3.63) is 71.8 Å². The lowest BCUT2D eigenvalue weighted by molar-refractivity contribution is 0.157. The molecule has 0 aliphatic heterocycles. The average Bonchev–Trinajstić information content (AvgIpc) is 2.81. The van der Waals surface area contributed by atoms with Gasteiger partial charge in [0, 0.05) is 5.56 Å². The third-order valence-corrected chi connectivity index (χ3v) is 8.11. The van der Waals surface area contributed by atoms with Gasteiger partial charge in [-0.15, -0.1) is 6.58 Å². The van der Waals surface area contributed by atoms with Crippen LogP contribution in [0.25, 0.3) is 11.1 Å². The van der Waals surface area contributed by atoms with Gasteiger partial charge in [0.1, 0.15) is 11.6 Å². The van der Waals surface area contributed by atoms with Crippen LogP contribution in [-0.2, 0) is 0 Å². The smallest absolute Gasteiger partial charge is 0.129 e. The van der Waals surface area contributed by atoms with Crippen LogP contribution in [0.4, 0.5) is 8.78 Å². The largest absolute Gasteiger partial charge is 0.207 e. The molecule has 0 N–H and O–H groups in total. The Kier molecular flexibility index (Phi) is 7.25. The standard InChI is InChI=1S/C29H36F2/c1-3-4-5-21-6-8-22(9-7-21)23-10-12-24(13-11-23)25-14-16-26(17-15-25)27-18-28(30)20(2)29(31)19-27/h3,14-19,21-24H,1,4-13H2,2H3. The number of benzene rings is 2. The molecule has 2 aliphatic carbocycles. The van der Waals surface area contributed by atoms with Crippen molar-refractivity contribution in [3.63, 3.8) is 0 Å². The van der Waals surface area contributed by atoms with E-state index in [0.29, 0.717) is 11.5 Å². The van der Waals surface area contributed by atoms with Crippen molar-refractivity contribution < 1.29 is 8.78 Å². The summed E-state index contributed by atoms with van der Waals surface area (Å²) < 4.78 is 27.8. The predicted octanol–water partition coefficient (Wildman–Crippen LogP) is 8.99. The fourth-order valence-corrected chi connectivity index (χ4v) is 5.99. The molecule has 0 nitrogen and oxygen atoms in total. The summed E-state index contributed by atoms with van der Waals surface area (Å²) >= 11 is 0. The molecule has 0 unspecified atom stereocenters. The van der Waals surface area contributed by atoms with Gasteiger partial charge < -0.3 is 0 Å². The fraction of sp³-hybridized carbons (Fsp3) is 0.517. The van der Waals surface area contributed by atoms with E-state index in [1.54, 1.807) is 0 Å². The highest BCUT2D eigenvalue weighted by Crippen LogP contribution is 2.44. The van der Waals surface area contributed by atoms with Gasteiger partial charge >= 0.3 is 0 Å². The molecule has 0 radical (unpaired) electrons. The molecule has 2 heteroatoms. The van der Waals surface area contributed by atoms with Crippen molar-refractivity contribution in [2.45, 2.75) is 77.0 Å². The van der Waals surface area contributed by atoms with Crippen LogP contribution in [-0.4, -0.2) is 0 Å². The van der Waals surface area contributed by atoms with Gasteiger partial charge in [-0.05, 0) is 111 Å². The SMILES string of the molecule is C=CCCC1CCC(C2CCC(c3ccc(-c4cc(F)c(C)c(F)c4)cc3)CC2)CC1. The van der Waals surface area contributed by atoms with Crippen LogP contribution >= 0.6 is 0 Å². The molecule has 2 aromatic rings. The van der Waals surface area contributed by atoms with E-state index in [-0.39, 0.29) is 5.56 Å². The molecule has 0 atom stereocenters. The molecule has 2 aliphatic rings. The van der Waals surface area contributed by atoms with E-state index in [1.165, 1.54) is 88.8 Å². The van der Waals surface area contributed by atoms with Crippen LogP contribution < -0.4 is 0 Å². The Labute approximate surface area is 186 Å². The minimum absolute atomic E-state index is 0.0855. The van der Waals surface area contributed by atoms with Gasteiger partial charge in [0.15, 0.2) is 0 Å². The highest BCUT2D eigenvalue weighted by Gasteiger charge is 2.31. The number of hydrogen-bond acceptors (Lipinski definition) is 0. The molecule has 31 heavy (non-hydrogen) atoms. The Morgan fingerprint density at radius 3 is 1.90 bits per heavy atom. The van der Waals surface area contributed by atoms with E-state index in [4.69, 9.17) is 0 Å². The Bertz CT molecular complexity index is 843. The second-order valence-corrected chi connectivity index (χ2v) is 9.95. The second-order valence-electron chi connectivity index (χ2n) is 9.95. The van der Waals surface area contributed by atoms with E-state index in [0.717, 1.165) is 23.3 Å². The van der Waals surface area contributed by atoms with Crippen molar-refractivity contribution in [3.8, 4) is 11.1 Å². The van der Waals surface area contributed by atoms with Crippen LogP contribution in [0.1, 0.15) is 81.3 Å². The fourth-order valence-electron chi connectivity index (χ4n) is 5.99. The third-order valence-electron chi connectivity index (χ3n) is 8.11. The average molecular weight is 423 g/mol. The minimum atomic E-state index is -0.480. The molecule has 0 heterocycles. The topological polar surface area (TPSA) is 0 Å². The van der Waals surface area contributed by atoms with Gasteiger partial charge in [0.2, 0.25) is 0 Å². The molecular weight excluding hydrogens is 386 g/mol. The predicted molar refractivity (Wildman–Crippen MR) is 126 cm³/mol. The molecule has 2 fully saturated rings. The highest BCUT2D eigenvalue weighted by atomic mass is 19.1. The summed E-state index contributed by atoms with van der Waals surface area (Å²) in [6.07, 6.45) is 15.5. The van der Waals surface area contributed by atoms with Crippen LogP contribution in [0.3, 0.4) is 0 Å². The maximum Gasteiger partial charge on any atom is 0.129 e. The maximum atomic E-state index is 13.9. The number of hydrogen-bond donors (Lipinski definition) is 0. The molecule has 166 valence electrons. The van der Waals surface area contributed by atoms with Crippen molar-refractivity contribution in [1.29, 1.82) is 0 Å². The molecule has 4 rings (SSSR count). The minimum Gasteiger partial charge on any atom is -0.207 e. The summed E-state index contributed by atoms with van der Waals surface area (Å²) in [5.41, 5.74) is 2.95. The molecule has 2 aromatic carbocycles. The van der Waals surface area contributed by atoms with Crippen molar-refractivity contribution in [2.24, 2.45) is 17.8 Å². The van der Waals surface area contributed by atoms with Crippen molar-refractivity contribution in [1.82, 2.24) is 0 Å². The van der Waals surface area contributed by atoms with Crippen molar-refractivity contribution >= 4 is 0 Å². The third kappa shape index (κ3) is 5.27. The Hall–Kier alpha value is -1.96. The lowest BCUT2D eigenvalue weighted by Crippen LogP contribution is -2.25. The van der Waals surface area contributed by atoms with Gasteiger partial charge in [-0.3, -0.25) is 0 Å². The first-order chi connectivity index (χ1) is 15.0. The highest BCUT2D eigenvalue weighted by molar-refractivity contribution is 5.64. The Morgan fingerprint density at radius 1 is 0.806 bits per heavy atom. The summed E-state index contributed by atoms with van der Waals surface area (Å²) in [7, 11) is 0. The Balaban J connectivity index is 1.31. The van der Waals surface area contributed by atoms with Gasteiger partial charge in [0.05, 0.1) is 0 Å². The zero-order valence-corrected chi connectivity index (χ0v) is 18.9. The lowest BCUT2D eigenvalue weighted by Gasteiger charge is -2.38. The van der Waals surface area contributed by atoms with Crippen LogP contribution in [0, 0.1) is 36.3 Å². The molecule has 0 bridgehead atoms. The summed E-state index contributed by atoms with van der Waals surface area (Å²) in [5.74, 6) is 2.45.